The van der Waals surface area contributed by atoms with Crippen LogP contribution < -0.4 is 16.8 Å². The van der Waals surface area contributed by atoms with Crippen LogP contribution in [-0.4, -0.2) is 47.3 Å². The van der Waals surface area contributed by atoms with E-state index in [-0.39, 0.29) is 18.4 Å². The first kappa shape index (κ1) is 27.7. The van der Waals surface area contributed by atoms with E-state index in [1.165, 1.54) is 38.5 Å². The number of nitrogens with one attached hydrogen (secondary N) is 1. The van der Waals surface area contributed by atoms with Crippen LogP contribution in [0.1, 0.15) is 89.9 Å². The summed E-state index contributed by atoms with van der Waals surface area (Å²) in [6.07, 6.45) is 16.6. The summed E-state index contributed by atoms with van der Waals surface area (Å²) in [6, 6.07) is -0.598. The Hall–Kier alpha value is -1.28. The third-order valence-electron chi connectivity index (χ3n) is 4.89. The number of hydrogen-bond donors (Lipinski definition) is 5. The molecule has 0 spiro atoms. The molecule has 0 aromatic carbocycles. The number of hydrogen-bond acceptors (Lipinski definition) is 6. The molecule has 0 rings (SSSR count). The Balaban J connectivity index is 3.34. The molecule has 7 N–H and O–H groups in total. The van der Waals surface area contributed by atoms with Gasteiger partial charge in [0.1, 0.15) is 0 Å². The van der Waals surface area contributed by atoms with Gasteiger partial charge >= 0.3 is 0 Å². The zero-order valence-corrected chi connectivity index (χ0v) is 18.0. The highest BCUT2D eigenvalue weighted by Crippen LogP contribution is 2.12. The molecule has 2 amide bonds. The summed E-state index contributed by atoms with van der Waals surface area (Å²) in [5.74, 6) is -0.396. The Bertz CT molecular complexity index is 444. The van der Waals surface area contributed by atoms with Gasteiger partial charge in [0.15, 0.2) is 0 Å². The number of imide groups is 1. The van der Waals surface area contributed by atoms with Crippen LogP contribution in [0, 0.1) is 0 Å². The molecule has 7 heteroatoms. The molecule has 0 saturated heterocycles. The van der Waals surface area contributed by atoms with Crippen LogP contribution in [0.3, 0.4) is 0 Å². The fourth-order valence-corrected chi connectivity index (χ4v) is 2.99. The summed E-state index contributed by atoms with van der Waals surface area (Å²) in [5.41, 5.74) is 10.9. The van der Waals surface area contributed by atoms with Gasteiger partial charge in [-0.2, -0.15) is 0 Å². The van der Waals surface area contributed by atoms with Crippen molar-refractivity contribution in [2.24, 2.45) is 11.5 Å². The summed E-state index contributed by atoms with van der Waals surface area (Å²) in [4.78, 5) is 23.0. The number of nitrogens with two attached hydrogens (primary N) is 2. The van der Waals surface area contributed by atoms with Crippen molar-refractivity contribution in [1.29, 1.82) is 0 Å². The lowest BCUT2D eigenvalue weighted by Gasteiger charge is -2.11. The van der Waals surface area contributed by atoms with Gasteiger partial charge in [-0.3, -0.25) is 14.9 Å². The number of unbranched alkanes of at least 4 members (excludes halogenated alkanes) is 10. The van der Waals surface area contributed by atoms with Crippen LogP contribution in [0.15, 0.2) is 12.2 Å². The highest BCUT2D eigenvalue weighted by atomic mass is 16.3. The van der Waals surface area contributed by atoms with E-state index in [1.807, 2.05) is 6.08 Å². The molecule has 0 bridgehead atoms. The van der Waals surface area contributed by atoms with Gasteiger partial charge in [0.2, 0.25) is 11.8 Å². The van der Waals surface area contributed by atoms with E-state index >= 15 is 0 Å². The lowest BCUT2D eigenvalue weighted by Crippen LogP contribution is -2.36. The van der Waals surface area contributed by atoms with Crippen molar-refractivity contribution in [3.05, 3.63) is 12.2 Å². The number of aliphatic hydroxyl groups is 2. The van der Waals surface area contributed by atoms with Gasteiger partial charge in [-0.1, -0.05) is 63.5 Å². The normalized spacial score (nSPS) is 13.5. The molecule has 170 valence electrons. The van der Waals surface area contributed by atoms with Gasteiger partial charge < -0.3 is 21.7 Å². The number of aliphatic hydroxyl groups excluding tert-OH is 2. The fourth-order valence-electron chi connectivity index (χ4n) is 2.99. The average molecular weight is 414 g/mol. The molecule has 0 fully saturated rings. The van der Waals surface area contributed by atoms with Crippen molar-refractivity contribution < 1.29 is 19.8 Å². The summed E-state index contributed by atoms with van der Waals surface area (Å²) in [6.45, 7) is 0.253. The van der Waals surface area contributed by atoms with Crippen LogP contribution in [0.4, 0.5) is 0 Å². The van der Waals surface area contributed by atoms with Crippen LogP contribution in [0.5, 0.6) is 0 Å². The zero-order chi connectivity index (χ0) is 21.7. The molecule has 2 unspecified atom stereocenters. The minimum atomic E-state index is -0.766. The number of allylic oxidation sites excluding steroid dienone is 1. The van der Waals surface area contributed by atoms with Crippen molar-refractivity contribution in [2.45, 2.75) is 102 Å². The molecule has 0 aliphatic heterocycles. The minimum Gasteiger partial charge on any atom is -0.395 e. The predicted octanol–water partition coefficient (Wildman–Crippen LogP) is 2.29. The van der Waals surface area contributed by atoms with E-state index in [1.54, 1.807) is 6.08 Å². The van der Waals surface area contributed by atoms with Gasteiger partial charge in [-0.15, -0.1) is 0 Å². The molecule has 0 aliphatic carbocycles. The molecule has 0 aromatic rings. The van der Waals surface area contributed by atoms with Crippen LogP contribution in [0.2, 0.25) is 0 Å². The van der Waals surface area contributed by atoms with Crippen molar-refractivity contribution in [1.82, 2.24) is 5.32 Å². The first-order chi connectivity index (χ1) is 14.0. The molecule has 0 aliphatic rings. The van der Waals surface area contributed by atoms with E-state index in [4.69, 9.17) is 16.6 Å². The van der Waals surface area contributed by atoms with Gasteiger partial charge in [0.05, 0.1) is 18.8 Å². The lowest BCUT2D eigenvalue weighted by atomic mass is 10.0. The molecule has 0 aromatic heterocycles. The monoisotopic (exact) mass is 413 g/mol. The highest BCUT2D eigenvalue weighted by Gasteiger charge is 2.09. The first-order valence-electron chi connectivity index (χ1n) is 11.2. The maximum absolute atomic E-state index is 11.6. The maximum Gasteiger partial charge on any atom is 0.226 e. The van der Waals surface area contributed by atoms with Crippen LogP contribution in [-0.2, 0) is 9.59 Å². The van der Waals surface area contributed by atoms with E-state index in [9.17, 15) is 14.7 Å². The average Bonchev–Trinajstić information content (AvgIpc) is 2.71. The highest BCUT2D eigenvalue weighted by molar-refractivity contribution is 5.95. The topological polar surface area (TPSA) is 139 Å². The van der Waals surface area contributed by atoms with E-state index in [0.29, 0.717) is 25.8 Å². The molecular weight excluding hydrogens is 370 g/mol. The Morgan fingerprint density at radius 1 is 0.828 bits per heavy atom. The standard InChI is InChI=1S/C22H43N3O4/c23-17-13-16-22(29)25-21(28)15-12-10-8-6-4-2-1-3-5-7-9-11-14-20(27)19(24)18-26/h11,14,19-20,26-27H,1-10,12-13,15-18,23-24H2,(H,25,28,29). The summed E-state index contributed by atoms with van der Waals surface area (Å²) >= 11 is 0. The van der Waals surface area contributed by atoms with Crippen molar-refractivity contribution >= 4 is 11.8 Å². The third-order valence-corrected chi connectivity index (χ3v) is 4.89. The number of carbonyl (C=O) groups is 2. The second kappa shape index (κ2) is 20.0. The summed E-state index contributed by atoms with van der Waals surface area (Å²) < 4.78 is 0. The Morgan fingerprint density at radius 3 is 1.83 bits per heavy atom. The molecular formula is C22H43N3O4. The molecule has 7 nitrogen and oxygen atoms in total. The number of rotatable bonds is 19. The minimum absolute atomic E-state index is 0.174. The van der Waals surface area contributed by atoms with Crippen molar-refractivity contribution in [2.75, 3.05) is 13.2 Å². The SMILES string of the molecule is NCCCC(=O)NC(=O)CCCCCCCCCCCCC=CC(O)C(N)CO. The zero-order valence-electron chi connectivity index (χ0n) is 18.0. The summed E-state index contributed by atoms with van der Waals surface area (Å²) in [5, 5.41) is 20.8. The van der Waals surface area contributed by atoms with Crippen LogP contribution in [0.25, 0.3) is 0 Å². The van der Waals surface area contributed by atoms with E-state index in [2.05, 4.69) is 5.32 Å². The Labute approximate surface area is 176 Å². The second-order valence-corrected chi connectivity index (χ2v) is 7.70. The number of amides is 2. The number of carbonyl (C=O) groups excluding carboxylic acids is 2. The van der Waals surface area contributed by atoms with E-state index in [0.717, 1.165) is 32.1 Å². The van der Waals surface area contributed by atoms with Gasteiger partial charge in [0.25, 0.3) is 0 Å². The first-order valence-corrected chi connectivity index (χ1v) is 11.2. The lowest BCUT2D eigenvalue weighted by molar-refractivity contribution is -0.130. The largest absolute Gasteiger partial charge is 0.395 e. The fraction of sp³-hybridized carbons (Fsp3) is 0.818. The second-order valence-electron chi connectivity index (χ2n) is 7.70. The molecule has 0 saturated carbocycles. The smallest absolute Gasteiger partial charge is 0.226 e. The summed E-state index contributed by atoms with van der Waals surface area (Å²) in [7, 11) is 0. The Morgan fingerprint density at radius 2 is 1.31 bits per heavy atom. The van der Waals surface area contributed by atoms with Crippen LogP contribution >= 0.6 is 0 Å². The third kappa shape index (κ3) is 18.5. The van der Waals surface area contributed by atoms with Gasteiger partial charge in [-0.05, 0) is 32.2 Å². The molecule has 0 heterocycles. The molecule has 29 heavy (non-hydrogen) atoms. The maximum atomic E-state index is 11.6. The molecule has 0 radical (unpaired) electrons. The van der Waals surface area contributed by atoms with Gasteiger partial charge in [0, 0.05) is 12.8 Å². The van der Waals surface area contributed by atoms with Crippen molar-refractivity contribution in [3.8, 4) is 0 Å². The van der Waals surface area contributed by atoms with E-state index < -0.39 is 12.1 Å². The predicted molar refractivity (Wildman–Crippen MR) is 117 cm³/mol. The quantitative estimate of drug-likeness (QED) is 0.163. The van der Waals surface area contributed by atoms with Gasteiger partial charge in [-0.25, -0.2) is 0 Å². The van der Waals surface area contributed by atoms with Crippen molar-refractivity contribution in [3.63, 3.8) is 0 Å². The Kier molecular flexibility index (Phi) is 19.1. The molecule has 2 atom stereocenters.